The Hall–Kier alpha value is -1.60. The van der Waals surface area contributed by atoms with E-state index in [1.165, 1.54) is 27.8 Å². The zero-order chi connectivity index (χ0) is 14.8. The highest BCUT2D eigenvalue weighted by Gasteiger charge is 2.25. The Bertz CT molecular complexity index is 629. The van der Waals surface area contributed by atoms with Gasteiger partial charge < -0.3 is 5.11 Å². The van der Waals surface area contributed by atoms with Crippen LogP contribution in [-0.4, -0.2) is 11.2 Å². The second kappa shape index (κ2) is 6.03. The number of aliphatic hydroxyl groups excluding tert-OH is 1. The lowest BCUT2D eigenvalue weighted by atomic mass is 9.79. The van der Waals surface area contributed by atoms with Gasteiger partial charge in [0.2, 0.25) is 0 Å². The van der Waals surface area contributed by atoms with Crippen LogP contribution >= 0.6 is 0 Å². The van der Waals surface area contributed by atoms with Crippen LogP contribution in [-0.2, 0) is 19.3 Å². The van der Waals surface area contributed by atoms with Crippen LogP contribution in [0.3, 0.4) is 0 Å². The second-order valence-electron chi connectivity index (χ2n) is 6.47. The lowest BCUT2D eigenvalue weighted by molar-refractivity contribution is 0.0991. The summed E-state index contributed by atoms with van der Waals surface area (Å²) in [4.78, 5) is 0. The minimum Gasteiger partial charge on any atom is -0.392 e. The molecule has 0 radical (unpaired) electrons. The van der Waals surface area contributed by atoms with E-state index in [0.29, 0.717) is 5.92 Å². The summed E-state index contributed by atoms with van der Waals surface area (Å²) < 4.78 is 0. The van der Waals surface area contributed by atoms with Crippen molar-refractivity contribution in [2.24, 2.45) is 5.92 Å². The first-order chi connectivity index (χ1) is 10.1. The highest BCUT2D eigenvalue weighted by molar-refractivity contribution is 5.32. The van der Waals surface area contributed by atoms with Crippen molar-refractivity contribution in [2.75, 3.05) is 0 Å². The fourth-order valence-electron chi connectivity index (χ4n) is 3.47. The summed E-state index contributed by atoms with van der Waals surface area (Å²) in [7, 11) is 0. The van der Waals surface area contributed by atoms with Crippen molar-refractivity contribution < 1.29 is 5.11 Å². The molecule has 0 aromatic heterocycles. The lowest BCUT2D eigenvalue weighted by Gasteiger charge is -2.29. The highest BCUT2D eigenvalue weighted by atomic mass is 16.3. The molecule has 0 heterocycles. The van der Waals surface area contributed by atoms with Crippen LogP contribution < -0.4 is 0 Å². The fraction of sp³-hybridized carbons (Fsp3) is 0.400. The Morgan fingerprint density at radius 1 is 1.10 bits per heavy atom. The van der Waals surface area contributed by atoms with E-state index in [-0.39, 0.29) is 6.10 Å². The Morgan fingerprint density at radius 3 is 2.67 bits per heavy atom. The van der Waals surface area contributed by atoms with Crippen LogP contribution in [0.5, 0.6) is 0 Å². The molecule has 0 aliphatic heterocycles. The van der Waals surface area contributed by atoms with E-state index in [1.807, 2.05) is 0 Å². The maximum absolute atomic E-state index is 10.7. The van der Waals surface area contributed by atoms with Crippen LogP contribution in [0.25, 0.3) is 0 Å². The van der Waals surface area contributed by atoms with Gasteiger partial charge in [0.15, 0.2) is 0 Å². The van der Waals surface area contributed by atoms with Crippen molar-refractivity contribution in [2.45, 2.75) is 45.6 Å². The third-order valence-electron chi connectivity index (χ3n) is 4.86. The number of benzene rings is 2. The summed E-state index contributed by atoms with van der Waals surface area (Å²) >= 11 is 0. The monoisotopic (exact) mass is 280 g/mol. The normalized spacial score (nSPS) is 19.1. The molecule has 2 aromatic rings. The zero-order valence-corrected chi connectivity index (χ0v) is 13.0. The standard InChI is InChI=1S/C20H24O/c1-14-7-8-15(2)19(11-14)13-20(21)18-10-9-16-5-3-4-6-17(16)12-18/h3-8,11,18,20-21H,9-10,12-13H2,1-2H3. The molecule has 0 fully saturated rings. The van der Waals surface area contributed by atoms with Crippen molar-refractivity contribution in [3.8, 4) is 0 Å². The van der Waals surface area contributed by atoms with E-state index in [2.05, 4.69) is 56.3 Å². The molecule has 0 bridgehead atoms. The Kier molecular flexibility index (Phi) is 4.12. The van der Waals surface area contributed by atoms with E-state index in [9.17, 15) is 5.11 Å². The summed E-state index contributed by atoms with van der Waals surface area (Å²) in [5.74, 6) is 0.389. The predicted octanol–water partition coefficient (Wildman–Crippen LogP) is 4.01. The molecular formula is C20H24O. The van der Waals surface area contributed by atoms with E-state index < -0.39 is 0 Å². The number of aliphatic hydroxyl groups is 1. The second-order valence-corrected chi connectivity index (χ2v) is 6.47. The summed E-state index contributed by atoms with van der Waals surface area (Å²) in [6.07, 6.45) is 3.76. The van der Waals surface area contributed by atoms with Gasteiger partial charge in [0.05, 0.1) is 6.10 Å². The van der Waals surface area contributed by atoms with Gasteiger partial charge in [0.25, 0.3) is 0 Å². The molecule has 1 heteroatoms. The van der Waals surface area contributed by atoms with Gasteiger partial charge in [0, 0.05) is 0 Å². The molecule has 2 aromatic carbocycles. The first-order valence-corrected chi connectivity index (χ1v) is 7.94. The van der Waals surface area contributed by atoms with Crippen molar-refractivity contribution >= 4 is 0 Å². The van der Waals surface area contributed by atoms with E-state index in [1.54, 1.807) is 0 Å². The average Bonchev–Trinajstić information content (AvgIpc) is 2.50. The first kappa shape index (κ1) is 14.3. The van der Waals surface area contributed by atoms with Gasteiger partial charge in [-0.15, -0.1) is 0 Å². The highest BCUT2D eigenvalue weighted by Crippen LogP contribution is 2.29. The molecule has 21 heavy (non-hydrogen) atoms. The molecule has 0 spiro atoms. The Balaban J connectivity index is 1.72. The number of fused-ring (bicyclic) bond motifs is 1. The summed E-state index contributed by atoms with van der Waals surface area (Å²) in [5, 5.41) is 10.7. The van der Waals surface area contributed by atoms with Crippen LogP contribution in [0.2, 0.25) is 0 Å². The Morgan fingerprint density at radius 2 is 1.86 bits per heavy atom. The Labute approximate surface area is 127 Å². The van der Waals surface area contributed by atoms with Crippen molar-refractivity contribution in [3.05, 3.63) is 70.3 Å². The maximum Gasteiger partial charge on any atom is 0.0612 e. The molecule has 110 valence electrons. The van der Waals surface area contributed by atoms with Crippen molar-refractivity contribution in [3.63, 3.8) is 0 Å². The summed E-state index contributed by atoms with van der Waals surface area (Å²) in [6.45, 7) is 4.25. The van der Waals surface area contributed by atoms with Crippen LogP contribution in [0.4, 0.5) is 0 Å². The SMILES string of the molecule is Cc1ccc(C)c(CC(O)C2CCc3ccccc3C2)c1. The molecule has 0 amide bonds. The average molecular weight is 280 g/mol. The number of rotatable bonds is 3. The quantitative estimate of drug-likeness (QED) is 0.900. The fourth-order valence-corrected chi connectivity index (χ4v) is 3.47. The van der Waals surface area contributed by atoms with Gasteiger partial charge in [-0.3, -0.25) is 0 Å². The van der Waals surface area contributed by atoms with Gasteiger partial charge in [-0.25, -0.2) is 0 Å². The van der Waals surface area contributed by atoms with Crippen LogP contribution in [0, 0.1) is 19.8 Å². The smallest absolute Gasteiger partial charge is 0.0612 e. The summed E-state index contributed by atoms with van der Waals surface area (Å²) in [6, 6.07) is 15.2. The lowest BCUT2D eigenvalue weighted by Crippen LogP contribution is -2.28. The molecule has 0 saturated heterocycles. The number of hydrogen-bond donors (Lipinski definition) is 1. The van der Waals surface area contributed by atoms with Gasteiger partial charge in [-0.2, -0.15) is 0 Å². The number of aryl methyl sites for hydroxylation is 3. The van der Waals surface area contributed by atoms with E-state index >= 15 is 0 Å². The molecular weight excluding hydrogens is 256 g/mol. The molecule has 2 atom stereocenters. The van der Waals surface area contributed by atoms with E-state index in [4.69, 9.17) is 0 Å². The van der Waals surface area contributed by atoms with Gasteiger partial charge >= 0.3 is 0 Å². The predicted molar refractivity (Wildman–Crippen MR) is 87.6 cm³/mol. The van der Waals surface area contributed by atoms with Crippen molar-refractivity contribution in [1.82, 2.24) is 0 Å². The van der Waals surface area contributed by atoms with Crippen molar-refractivity contribution in [1.29, 1.82) is 0 Å². The van der Waals surface area contributed by atoms with Gasteiger partial charge in [-0.05, 0) is 67.7 Å². The van der Waals surface area contributed by atoms with E-state index in [0.717, 1.165) is 25.7 Å². The maximum atomic E-state index is 10.7. The summed E-state index contributed by atoms with van der Waals surface area (Å²) in [5.41, 5.74) is 6.75. The molecule has 2 unspecified atom stereocenters. The van der Waals surface area contributed by atoms with Gasteiger partial charge in [0.1, 0.15) is 0 Å². The molecule has 1 aliphatic carbocycles. The molecule has 0 saturated carbocycles. The zero-order valence-electron chi connectivity index (χ0n) is 13.0. The topological polar surface area (TPSA) is 20.2 Å². The minimum atomic E-state index is -0.237. The van der Waals surface area contributed by atoms with Crippen LogP contribution in [0.1, 0.15) is 34.2 Å². The third kappa shape index (κ3) is 3.19. The first-order valence-electron chi connectivity index (χ1n) is 7.94. The largest absolute Gasteiger partial charge is 0.392 e. The number of hydrogen-bond acceptors (Lipinski definition) is 1. The molecule has 3 rings (SSSR count). The molecule has 1 N–H and O–H groups in total. The molecule has 1 nitrogen and oxygen atoms in total. The van der Waals surface area contributed by atoms with Crippen LogP contribution in [0.15, 0.2) is 42.5 Å². The molecule has 1 aliphatic rings. The minimum absolute atomic E-state index is 0.237. The van der Waals surface area contributed by atoms with Gasteiger partial charge in [-0.1, -0.05) is 48.0 Å². The third-order valence-corrected chi connectivity index (χ3v) is 4.86.